The molecule has 4 heteroatoms. The van der Waals surface area contributed by atoms with Gasteiger partial charge in [0.05, 0.1) is 10.6 Å². The third kappa shape index (κ3) is 2.73. The van der Waals surface area contributed by atoms with E-state index in [0.29, 0.717) is 4.47 Å². The van der Waals surface area contributed by atoms with Crippen molar-refractivity contribution >= 4 is 38.9 Å². The zero-order valence-corrected chi connectivity index (χ0v) is 13.0. The first kappa shape index (κ1) is 12.9. The predicted octanol–water partition coefficient (Wildman–Crippen LogP) is 5.89. The fourth-order valence-corrected chi connectivity index (χ4v) is 3.44. The highest BCUT2D eigenvalue weighted by molar-refractivity contribution is 9.10. The molecule has 0 spiro atoms. The summed E-state index contributed by atoms with van der Waals surface area (Å²) < 4.78 is 1.61. The Morgan fingerprint density at radius 3 is 2.42 bits per heavy atom. The van der Waals surface area contributed by atoms with Gasteiger partial charge < -0.3 is 0 Å². The highest BCUT2D eigenvalue weighted by Gasteiger charge is 2.13. The molecule has 1 aromatic heterocycles. The minimum absolute atomic E-state index is 0.564. The number of thiazole rings is 1. The molecular formula is C15H9BrClNS. The third-order valence-electron chi connectivity index (χ3n) is 2.74. The van der Waals surface area contributed by atoms with Crippen LogP contribution >= 0.6 is 38.9 Å². The summed E-state index contributed by atoms with van der Waals surface area (Å²) in [4.78, 5) is 5.55. The fraction of sp³-hybridized carbons (Fsp3) is 0. The van der Waals surface area contributed by atoms with Crippen LogP contribution in [0.15, 0.2) is 59.1 Å². The minimum Gasteiger partial charge on any atom is -0.224 e. The van der Waals surface area contributed by atoms with Crippen LogP contribution in [0, 0.1) is 0 Å². The lowest BCUT2D eigenvalue weighted by Crippen LogP contribution is -1.81. The first-order valence-electron chi connectivity index (χ1n) is 5.72. The quantitative estimate of drug-likeness (QED) is 0.561. The van der Waals surface area contributed by atoms with Gasteiger partial charge >= 0.3 is 0 Å². The van der Waals surface area contributed by atoms with E-state index in [1.807, 2.05) is 42.5 Å². The zero-order valence-electron chi connectivity index (χ0n) is 9.81. The van der Waals surface area contributed by atoms with E-state index in [9.17, 15) is 0 Å². The Kier molecular flexibility index (Phi) is 3.69. The highest BCUT2D eigenvalue weighted by atomic mass is 79.9. The number of rotatable bonds is 2. The lowest BCUT2D eigenvalue weighted by Gasteiger charge is -2.03. The summed E-state index contributed by atoms with van der Waals surface area (Å²) in [6.07, 6.45) is 0. The molecule has 0 fully saturated rings. The van der Waals surface area contributed by atoms with Crippen LogP contribution in [0.5, 0.6) is 0 Å². The molecule has 0 atom stereocenters. The number of hydrogen-bond donors (Lipinski definition) is 0. The van der Waals surface area contributed by atoms with E-state index < -0.39 is 0 Å². The smallest absolute Gasteiger partial charge is 0.184 e. The lowest BCUT2D eigenvalue weighted by molar-refractivity contribution is 1.41. The van der Waals surface area contributed by atoms with E-state index >= 15 is 0 Å². The molecule has 1 nitrogen and oxygen atoms in total. The molecule has 0 saturated carbocycles. The van der Waals surface area contributed by atoms with Crippen LogP contribution in [-0.2, 0) is 0 Å². The van der Waals surface area contributed by atoms with E-state index in [0.717, 1.165) is 26.2 Å². The molecule has 0 bridgehead atoms. The van der Waals surface area contributed by atoms with Crippen molar-refractivity contribution in [2.45, 2.75) is 0 Å². The lowest BCUT2D eigenvalue weighted by atomic mass is 10.1. The molecule has 0 amide bonds. The van der Waals surface area contributed by atoms with Gasteiger partial charge in [-0.05, 0) is 17.7 Å². The number of aromatic nitrogens is 1. The molecule has 19 heavy (non-hydrogen) atoms. The summed E-state index contributed by atoms with van der Waals surface area (Å²) in [6.45, 7) is 0. The molecule has 1 heterocycles. The van der Waals surface area contributed by atoms with Gasteiger partial charge in [0.15, 0.2) is 4.47 Å². The van der Waals surface area contributed by atoms with Gasteiger partial charge in [0.2, 0.25) is 0 Å². The second kappa shape index (κ2) is 5.45. The Hall–Kier alpha value is -1.16. The molecular weight excluding hydrogens is 342 g/mol. The van der Waals surface area contributed by atoms with Crippen molar-refractivity contribution in [2.24, 2.45) is 0 Å². The van der Waals surface area contributed by atoms with Crippen molar-refractivity contribution in [3.05, 3.63) is 63.5 Å². The van der Waals surface area contributed by atoms with Gasteiger partial charge in [0, 0.05) is 10.0 Å². The molecule has 0 unspecified atom stereocenters. The number of benzene rings is 2. The molecule has 0 radical (unpaired) electrons. The molecule has 3 aromatic rings. The molecule has 3 rings (SSSR count). The third-order valence-corrected chi connectivity index (χ3v) is 4.44. The molecule has 0 N–H and O–H groups in total. The second-order valence-corrected chi connectivity index (χ2v) is 6.52. The maximum atomic E-state index is 6.10. The van der Waals surface area contributed by atoms with E-state index in [4.69, 9.17) is 11.6 Å². The summed E-state index contributed by atoms with van der Waals surface area (Å²) >= 11 is 11.1. The molecule has 2 aromatic carbocycles. The first-order valence-corrected chi connectivity index (χ1v) is 7.70. The number of hydrogen-bond acceptors (Lipinski definition) is 2. The Balaban J connectivity index is 2.18. The van der Waals surface area contributed by atoms with Gasteiger partial charge in [-0.25, -0.2) is 4.98 Å². The van der Waals surface area contributed by atoms with E-state index in [-0.39, 0.29) is 0 Å². The fourth-order valence-electron chi connectivity index (χ4n) is 1.91. The van der Waals surface area contributed by atoms with Crippen LogP contribution in [0.2, 0.25) is 4.47 Å². The van der Waals surface area contributed by atoms with E-state index in [2.05, 4.69) is 33.0 Å². The normalized spacial score (nSPS) is 10.6. The predicted molar refractivity (Wildman–Crippen MR) is 85.7 cm³/mol. The first-order chi connectivity index (χ1) is 9.24. The Bertz CT molecular complexity index is 709. The van der Waals surface area contributed by atoms with Crippen LogP contribution in [-0.4, -0.2) is 4.98 Å². The maximum absolute atomic E-state index is 6.10. The molecule has 0 aliphatic heterocycles. The second-order valence-electron chi connectivity index (χ2n) is 4.02. The molecule has 0 aliphatic rings. The van der Waals surface area contributed by atoms with Crippen LogP contribution in [0.3, 0.4) is 0 Å². The summed E-state index contributed by atoms with van der Waals surface area (Å²) in [6, 6.07) is 18.3. The molecule has 0 saturated heterocycles. The van der Waals surface area contributed by atoms with Gasteiger partial charge in [-0.2, -0.15) is 0 Å². The van der Waals surface area contributed by atoms with Crippen molar-refractivity contribution in [1.82, 2.24) is 4.98 Å². The van der Waals surface area contributed by atoms with Crippen LogP contribution in [0.25, 0.3) is 21.7 Å². The average Bonchev–Trinajstić information content (AvgIpc) is 2.82. The van der Waals surface area contributed by atoms with Crippen molar-refractivity contribution in [3.63, 3.8) is 0 Å². The average molecular weight is 351 g/mol. The van der Waals surface area contributed by atoms with Crippen molar-refractivity contribution < 1.29 is 0 Å². The van der Waals surface area contributed by atoms with E-state index in [1.54, 1.807) is 0 Å². The topological polar surface area (TPSA) is 12.9 Å². The SMILES string of the molecule is Clc1nc(-c2ccccc2)c(-c2cccc(Br)c2)s1. The highest BCUT2D eigenvalue weighted by Crippen LogP contribution is 2.39. The summed E-state index contributed by atoms with van der Waals surface area (Å²) in [5.74, 6) is 0. The number of halogens is 2. The van der Waals surface area contributed by atoms with Gasteiger partial charge in [0.1, 0.15) is 0 Å². The van der Waals surface area contributed by atoms with Crippen LogP contribution in [0.4, 0.5) is 0 Å². The van der Waals surface area contributed by atoms with Gasteiger partial charge in [0.25, 0.3) is 0 Å². The van der Waals surface area contributed by atoms with Crippen molar-refractivity contribution in [2.75, 3.05) is 0 Å². The number of nitrogens with zero attached hydrogens (tertiary/aromatic N) is 1. The summed E-state index contributed by atoms with van der Waals surface area (Å²) in [5, 5.41) is 0. The Morgan fingerprint density at radius 2 is 1.68 bits per heavy atom. The molecule has 94 valence electrons. The summed E-state index contributed by atoms with van der Waals surface area (Å²) in [5.41, 5.74) is 3.15. The largest absolute Gasteiger partial charge is 0.224 e. The zero-order chi connectivity index (χ0) is 13.2. The van der Waals surface area contributed by atoms with Gasteiger partial charge in [-0.1, -0.05) is 70.0 Å². The van der Waals surface area contributed by atoms with Gasteiger partial charge in [-0.15, -0.1) is 11.3 Å². The van der Waals surface area contributed by atoms with Crippen molar-refractivity contribution in [1.29, 1.82) is 0 Å². The van der Waals surface area contributed by atoms with Crippen molar-refractivity contribution in [3.8, 4) is 21.7 Å². The minimum atomic E-state index is 0.564. The standard InChI is InChI=1S/C15H9BrClNS/c16-12-8-4-7-11(9-12)14-13(18-15(17)19-14)10-5-2-1-3-6-10/h1-9H. The van der Waals surface area contributed by atoms with Gasteiger partial charge in [-0.3, -0.25) is 0 Å². The monoisotopic (exact) mass is 349 g/mol. The Morgan fingerprint density at radius 1 is 0.947 bits per heavy atom. The summed E-state index contributed by atoms with van der Waals surface area (Å²) in [7, 11) is 0. The maximum Gasteiger partial charge on any atom is 0.184 e. The van der Waals surface area contributed by atoms with E-state index in [1.165, 1.54) is 11.3 Å². The van der Waals surface area contributed by atoms with Crippen LogP contribution < -0.4 is 0 Å². The van der Waals surface area contributed by atoms with Crippen LogP contribution in [0.1, 0.15) is 0 Å². The Labute approximate surface area is 129 Å². The molecule has 0 aliphatic carbocycles.